The van der Waals surface area contributed by atoms with Crippen molar-refractivity contribution < 1.29 is 0 Å². The summed E-state index contributed by atoms with van der Waals surface area (Å²) >= 11 is 6.04. The van der Waals surface area contributed by atoms with Crippen LogP contribution in [0.25, 0.3) is 11.0 Å². The normalized spacial score (nSPS) is 11.0. The standard InChI is InChI=1S/C9H10ClN3/c1-3-13-9-8(6(2)12-13)7(10)4-5-11-9/h4-5H,3H2,1-2H3. The van der Waals surface area contributed by atoms with Crippen LogP contribution in [-0.4, -0.2) is 14.8 Å². The zero-order valence-corrected chi connectivity index (χ0v) is 8.34. The van der Waals surface area contributed by atoms with Crippen LogP contribution in [0.3, 0.4) is 0 Å². The third-order valence-electron chi connectivity index (χ3n) is 2.06. The van der Waals surface area contributed by atoms with Gasteiger partial charge in [0.2, 0.25) is 0 Å². The zero-order valence-electron chi connectivity index (χ0n) is 7.58. The summed E-state index contributed by atoms with van der Waals surface area (Å²) in [5.74, 6) is 0. The molecule has 0 amide bonds. The van der Waals surface area contributed by atoms with Crippen molar-refractivity contribution in [3.05, 3.63) is 23.0 Å². The molecule has 0 aromatic carbocycles. The Balaban J connectivity index is 2.87. The summed E-state index contributed by atoms with van der Waals surface area (Å²) in [5.41, 5.74) is 1.81. The van der Waals surface area contributed by atoms with Crippen LogP contribution in [0.2, 0.25) is 5.02 Å². The highest BCUT2D eigenvalue weighted by Crippen LogP contribution is 2.24. The fourth-order valence-corrected chi connectivity index (χ4v) is 1.73. The highest BCUT2D eigenvalue weighted by Gasteiger charge is 2.09. The minimum Gasteiger partial charge on any atom is -0.247 e. The van der Waals surface area contributed by atoms with E-state index in [1.165, 1.54) is 0 Å². The van der Waals surface area contributed by atoms with Crippen molar-refractivity contribution in [1.82, 2.24) is 14.8 Å². The molecular weight excluding hydrogens is 186 g/mol. The second kappa shape index (κ2) is 3.00. The van der Waals surface area contributed by atoms with E-state index in [0.717, 1.165) is 28.3 Å². The lowest BCUT2D eigenvalue weighted by molar-refractivity contribution is 0.669. The van der Waals surface area contributed by atoms with Crippen molar-refractivity contribution in [2.75, 3.05) is 0 Å². The molecule has 0 N–H and O–H groups in total. The molecule has 0 spiro atoms. The van der Waals surface area contributed by atoms with Crippen molar-refractivity contribution in [3.8, 4) is 0 Å². The van der Waals surface area contributed by atoms with Crippen LogP contribution in [0.5, 0.6) is 0 Å². The van der Waals surface area contributed by atoms with Gasteiger partial charge < -0.3 is 0 Å². The van der Waals surface area contributed by atoms with Gasteiger partial charge in [-0.1, -0.05) is 11.6 Å². The Hall–Kier alpha value is -1.09. The van der Waals surface area contributed by atoms with Crippen LogP contribution in [-0.2, 0) is 6.54 Å². The number of rotatable bonds is 1. The van der Waals surface area contributed by atoms with E-state index in [0.29, 0.717) is 0 Å². The summed E-state index contributed by atoms with van der Waals surface area (Å²) in [6.45, 7) is 4.80. The van der Waals surface area contributed by atoms with E-state index >= 15 is 0 Å². The molecule has 0 atom stereocenters. The second-order valence-electron chi connectivity index (χ2n) is 2.89. The molecule has 0 radical (unpaired) electrons. The molecule has 2 rings (SSSR count). The lowest BCUT2D eigenvalue weighted by Gasteiger charge is -1.96. The van der Waals surface area contributed by atoms with E-state index in [4.69, 9.17) is 11.6 Å². The molecule has 13 heavy (non-hydrogen) atoms. The Labute approximate surface area is 81.3 Å². The summed E-state index contributed by atoms with van der Waals surface area (Å²) in [6.07, 6.45) is 1.71. The minimum atomic E-state index is 0.724. The van der Waals surface area contributed by atoms with E-state index in [9.17, 15) is 0 Å². The molecule has 0 bridgehead atoms. The average molecular weight is 196 g/mol. The van der Waals surface area contributed by atoms with E-state index in [1.807, 2.05) is 18.5 Å². The summed E-state index contributed by atoms with van der Waals surface area (Å²) < 4.78 is 1.86. The molecular formula is C9H10ClN3. The van der Waals surface area contributed by atoms with Crippen molar-refractivity contribution in [2.45, 2.75) is 20.4 Å². The quantitative estimate of drug-likeness (QED) is 0.700. The molecule has 4 heteroatoms. The van der Waals surface area contributed by atoms with Gasteiger partial charge in [-0.25, -0.2) is 9.67 Å². The number of fused-ring (bicyclic) bond motifs is 1. The van der Waals surface area contributed by atoms with Gasteiger partial charge >= 0.3 is 0 Å². The van der Waals surface area contributed by atoms with Gasteiger partial charge in [-0.3, -0.25) is 0 Å². The Morgan fingerprint density at radius 2 is 2.31 bits per heavy atom. The van der Waals surface area contributed by atoms with E-state index in [2.05, 4.69) is 10.1 Å². The van der Waals surface area contributed by atoms with Crippen molar-refractivity contribution in [1.29, 1.82) is 0 Å². The Morgan fingerprint density at radius 3 is 3.00 bits per heavy atom. The molecule has 0 aliphatic rings. The van der Waals surface area contributed by atoms with Crippen LogP contribution in [0, 0.1) is 6.92 Å². The molecule has 0 saturated carbocycles. The molecule has 0 aliphatic heterocycles. The first kappa shape index (κ1) is 8.51. The topological polar surface area (TPSA) is 30.7 Å². The maximum atomic E-state index is 6.04. The van der Waals surface area contributed by atoms with Gasteiger partial charge in [-0.05, 0) is 19.9 Å². The maximum absolute atomic E-state index is 6.04. The number of pyridine rings is 1. The zero-order chi connectivity index (χ0) is 9.42. The number of aryl methyl sites for hydroxylation is 2. The molecule has 0 saturated heterocycles. The predicted octanol–water partition coefficient (Wildman–Crippen LogP) is 2.41. The van der Waals surface area contributed by atoms with Gasteiger partial charge in [-0.15, -0.1) is 0 Å². The van der Waals surface area contributed by atoms with E-state index in [-0.39, 0.29) is 0 Å². The molecule has 0 unspecified atom stereocenters. The third kappa shape index (κ3) is 1.20. The van der Waals surface area contributed by atoms with Crippen LogP contribution in [0.15, 0.2) is 12.3 Å². The lowest BCUT2D eigenvalue weighted by atomic mass is 10.3. The van der Waals surface area contributed by atoms with E-state index in [1.54, 1.807) is 12.3 Å². The SMILES string of the molecule is CCn1nc(C)c2c(Cl)ccnc21. The summed E-state index contributed by atoms with van der Waals surface area (Å²) in [6, 6.07) is 1.79. The van der Waals surface area contributed by atoms with E-state index < -0.39 is 0 Å². The molecule has 3 nitrogen and oxygen atoms in total. The average Bonchev–Trinajstić information content (AvgIpc) is 2.44. The highest BCUT2D eigenvalue weighted by atomic mass is 35.5. The number of aromatic nitrogens is 3. The molecule has 2 heterocycles. The first-order chi connectivity index (χ1) is 6.24. The fraction of sp³-hybridized carbons (Fsp3) is 0.333. The molecule has 0 fully saturated rings. The smallest absolute Gasteiger partial charge is 0.159 e. The second-order valence-corrected chi connectivity index (χ2v) is 3.30. The minimum absolute atomic E-state index is 0.724. The van der Waals surface area contributed by atoms with Crippen LogP contribution < -0.4 is 0 Å². The summed E-state index contributed by atoms with van der Waals surface area (Å²) in [4.78, 5) is 4.25. The van der Waals surface area contributed by atoms with Gasteiger partial charge in [0.25, 0.3) is 0 Å². The Bertz CT molecular complexity index is 447. The van der Waals surface area contributed by atoms with Crippen LogP contribution in [0.4, 0.5) is 0 Å². The van der Waals surface area contributed by atoms with Crippen molar-refractivity contribution in [2.24, 2.45) is 0 Å². The van der Waals surface area contributed by atoms with Crippen molar-refractivity contribution >= 4 is 22.6 Å². The predicted molar refractivity (Wildman–Crippen MR) is 52.9 cm³/mol. The van der Waals surface area contributed by atoms with Crippen LogP contribution >= 0.6 is 11.6 Å². The Morgan fingerprint density at radius 1 is 1.54 bits per heavy atom. The number of halogens is 1. The maximum Gasteiger partial charge on any atom is 0.159 e. The van der Waals surface area contributed by atoms with Crippen molar-refractivity contribution in [3.63, 3.8) is 0 Å². The van der Waals surface area contributed by atoms with Crippen LogP contribution in [0.1, 0.15) is 12.6 Å². The van der Waals surface area contributed by atoms with Gasteiger partial charge in [0, 0.05) is 12.7 Å². The number of hydrogen-bond acceptors (Lipinski definition) is 2. The lowest BCUT2D eigenvalue weighted by Crippen LogP contribution is -1.97. The first-order valence-corrected chi connectivity index (χ1v) is 4.59. The Kier molecular flexibility index (Phi) is 1.96. The summed E-state index contributed by atoms with van der Waals surface area (Å²) in [5, 5.41) is 6.03. The monoisotopic (exact) mass is 195 g/mol. The first-order valence-electron chi connectivity index (χ1n) is 4.21. The molecule has 2 aromatic rings. The van der Waals surface area contributed by atoms with Gasteiger partial charge in [-0.2, -0.15) is 5.10 Å². The third-order valence-corrected chi connectivity index (χ3v) is 2.37. The van der Waals surface area contributed by atoms with Gasteiger partial charge in [0.1, 0.15) is 0 Å². The molecule has 2 aromatic heterocycles. The molecule has 0 aliphatic carbocycles. The van der Waals surface area contributed by atoms with Gasteiger partial charge in [0.05, 0.1) is 16.1 Å². The largest absolute Gasteiger partial charge is 0.247 e. The van der Waals surface area contributed by atoms with Gasteiger partial charge in [0.15, 0.2) is 5.65 Å². The molecule has 68 valence electrons. The highest BCUT2D eigenvalue weighted by molar-refractivity contribution is 6.35. The fourth-order valence-electron chi connectivity index (χ4n) is 1.46. The number of nitrogens with zero attached hydrogens (tertiary/aromatic N) is 3. The number of hydrogen-bond donors (Lipinski definition) is 0. The summed E-state index contributed by atoms with van der Waals surface area (Å²) in [7, 11) is 0.